The molecule has 0 bridgehead atoms. The Morgan fingerprint density at radius 3 is 1.64 bits per heavy atom. The molecule has 0 saturated heterocycles. The first-order chi connectivity index (χ1) is 17.4. The van der Waals surface area contributed by atoms with Crippen LogP contribution in [0.15, 0.2) is 91.0 Å². The highest BCUT2D eigenvalue weighted by Crippen LogP contribution is 2.28. The number of phenols is 2. The van der Waals surface area contributed by atoms with Crippen LogP contribution in [0.25, 0.3) is 21.5 Å². The summed E-state index contributed by atoms with van der Waals surface area (Å²) in [6.45, 7) is -0.440. The number of esters is 2. The second-order valence-electron chi connectivity index (χ2n) is 8.20. The molecule has 7 heteroatoms. The van der Waals surface area contributed by atoms with Crippen molar-refractivity contribution in [2.24, 2.45) is 0 Å². The highest BCUT2D eigenvalue weighted by atomic mass is 16.5. The van der Waals surface area contributed by atoms with E-state index in [-0.39, 0.29) is 28.6 Å². The molecule has 178 valence electrons. The van der Waals surface area contributed by atoms with Crippen LogP contribution >= 0.6 is 0 Å². The van der Waals surface area contributed by atoms with Crippen molar-refractivity contribution in [1.82, 2.24) is 0 Å². The van der Waals surface area contributed by atoms with E-state index in [2.05, 4.69) is 0 Å². The van der Waals surface area contributed by atoms with Crippen LogP contribution in [0.2, 0.25) is 0 Å². The number of ether oxygens (including phenoxy) is 2. The molecule has 0 atom stereocenters. The predicted octanol–water partition coefficient (Wildman–Crippen LogP) is 5.33. The van der Waals surface area contributed by atoms with Gasteiger partial charge in [0.05, 0.1) is 17.7 Å². The first kappa shape index (κ1) is 22.9. The van der Waals surface area contributed by atoms with Crippen molar-refractivity contribution in [3.05, 3.63) is 108 Å². The van der Waals surface area contributed by atoms with Crippen molar-refractivity contribution in [3.8, 4) is 23.0 Å². The fourth-order valence-electron chi connectivity index (χ4n) is 3.89. The maximum absolute atomic E-state index is 12.7. The zero-order valence-corrected chi connectivity index (χ0v) is 18.8. The van der Waals surface area contributed by atoms with Crippen molar-refractivity contribution in [2.75, 3.05) is 0 Å². The molecular formula is C29H20O7. The van der Waals surface area contributed by atoms with E-state index >= 15 is 0 Å². The summed E-state index contributed by atoms with van der Waals surface area (Å²) >= 11 is 0. The van der Waals surface area contributed by atoms with Gasteiger partial charge in [0, 0.05) is 5.56 Å². The molecule has 5 aromatic carbocycles. The third-order valence-electron chi connectivity index (χ3n) is 5.73. The third kappa shape index (κ3) is 4.68. The molecule has 0 heterocycles. The van der Waals surface area contributed by atoms with Gasteiger partial charge >= 0.3 is 11.9 Å². The Balaban J connectivity index is 1.33. The second-order valence-corrected chi connectivity index (χ2v) is 8.20. The van der Waals surface area contributed by atoms with Crippen LogP contribution in [-0.4, -0.2) is 27.3 Å². The Morgan fingerprint density at radius 1 is 0.583 bits per heavy atom. The summed E-state index contributed by atoms with van der Waals surface area (Å²) in [5.41, 5.74) is 0.893. The van der Waals surface area contributed by atoms with Gasteiger partial charge in [-0.3, -0.25) is 0 Å². The first-order valence-corrected chi connectivity index (χ1v) is 11.0. The van der Waals surface area contributed by atoms with E-state index in [1.54, 1.807) is 60.7 Å². The van der Waals surface area contributed by atoms with E-state index in [9.17, 15) is 24.9 Å². The number of carbonyl (C=O) groups excluding carboxylic acids is 2. The smallest absolute Gasteiger partial charge is 0.343 e. The molecule has 0 aliphatic heterocycles. The van der Waals surface area contributed by atoms with Gasteiger partial charge in [0.2, 0.25) is 0 Å². The van der Waals surface area contributed by atoms with Gasteiger partial charge in [-0.25, -0.2) is 9.59 Å². The fraction of sp³-hybridized carbons (Fsp3) is 0.0345. The molecule has 0 aromatic heterocycles. The Labute approximate surface area is 205 Å². The van der Waals surface area contributed by atoms with Crippen molar-refractivity contribution in [3.63, 3.8) is 0 Å². The summed E-state index contributed by atoms with van der Waals surface area (Å²) in [6, 6.07) is 23.9. The molecule has 7 nitrogen and oxygen atoms in total. The predicted molar refractivity (Wildman–Crippen MR) is 134 cm³/mol. The summed E-state index contributed by atoms with van der Waals surface area (Å²) < 4.78 is 10.9. The van der Waals surface area contributed by atoms with E-state index in [0.717, 1.165) is 21.5 Å². The van der Waals surface area contributed by atoms with Gasteiger partial charge in [0.25, 0.3) is 0 Å². The van der Waals surface area contributed by atoms with E-state index in [4.69, 9.17) is 9.47 Å². The van der Waals surface area contributed by atoms with Crippen molar-refractivity contribution in [1.29, 1.82) is 0 Å². The molecule has 5 aromatic rings. The van der Waals surface area contributed by atoms with Gasteiger partial charge in [-0.15, -0.1) is 0 Å². The zero-order chi connectivity index (χ0) is 25.2. The Kier molecular flexibility index (Phi) is 5.98. The molecule has 5 rings (SSSR count). The highest BCUT2D eigenvalue weighted by Gasteiger charge is 2.15. The van der Waals surface area contributed by atoms with Gasteiger partial charge < -0.3 is 24.8 Å². The number of fused-ring (bicyclic) bond motifs is 2. The first-order valence-electron chi connectivity index (χ1n) is 11.0. The molecular weight excluding hydrogens is 460 g/mol. The molecule has 0 aliphatic rings. The van der Waals surface area contributed by atoms with Crippen LogP contribution in [0, 0.1) is 0 Å². The lowest BCUT2D eigenvalue weighted by Crippen LogP contribution is -2.11. The van der Waals surface area contributed by atoms with E-state index in [1.807, 2.05) is 0 Å². The largest absolute Gasteiger partial charge is 0.508 e. The van der Waals surface area contributed by atoms with Crippen LogP contribution in [0.1, 0.15) is 26.3 Å². The lowest BCUT2D eigenvalue weighted by Gasteiger charge is -2.12. The summed E-state index contributed by atoms with van der Waals surface area (Å²) in [7, 11) is 0. The number of rotatable bonds is 5. The topological polar surface area (TPSA) is 113 Å². The van der Waals surface area contributed by atoms with Crippen LogP contribution in [-0.2, 0) is 6.61 Å². The number of aliphatic hydroxyl groups is 1. The van der Waals surface area contributed by atoms with Crippen molar-refractivity contribution >= 4 is 33.5 Å². The summed E-state index contributed by atoms with van der Waals surface area (Å²) in [5.74, 6) is -0.630. The molecule has 0 radical (unpaired) electrons. The quantitative estimate of drug-likeness (QED) is 0.230. The number of phenolic OH excluding ortho intramolecular Hbond substituents is 2. The molecule has 0 unspecified atom stereocenters. The minimum Gasteiger partial charge on any atom is -0.508 e. The van der Waals surface area contributed by atoms with Gasteiger partial charge in [-0.1, -0.05) is 24.3 Å². The molecule has 0 amide bonds. The zero-order valence-electron chi connectivity index (χ0n) is 18.8. The standard InChI is InChI=1S/C29H20O7/c30-16-23-15-26(35-28(33)21-3-1-19-13-24(31)7-5-17(19)11-21)9-10-27(23)36-29(34)22-4-2-20-14-25(32)8-6-18(20)12-22/h1-15,30-32H,16H2. The molecule has 0 aliphatic carbocycles. The Morgan fingerprint density at radius 2 is 1.08 bits per heavy atom. The molecule has 3 N–H and O–H groups in total. The summed E-state index contributed by atoms with van der Waals surface area (Å²) in [6.07, 6.45) is 0. The number of benzene rings is 5. The fourth-order valence-corrected chi connectivity index (χ4v) is 3.89. The van der Waals surface area contributed by atoms with Crippen LogP contribution in [0.4, 0.5) is 0 Å². The Hall–Kier alpha value is -4.88. The number of hydrogen-bond donors (Lipinski definition) is 3. The normalized spacial score (nSPS) is 10.9. The average Bonchev–Trinajstić information content (AvgIpc) is 2.88. The number of aromatic hydroxyl groups is 2. The molecule has 36 heavy (non-hydrogen) atoms. The van der Waals surface area contributed by atoms with E-state index in [1.165, 1.54) is 30.3 Å². The minimum atomic E-state index is -0.619. The molecule has 0 saturated carbocycles. The van der Waals surface area contributed by atoms with Crippen molar-refractivity contribution < 1.29 is 34.4 Å². The average molecular weight is 480 g/mol. The molecule has 0 fully saturated rings. The van der Waals surface area contributed by atoms with Crippen LogP contribution in [0.5, 0.6) is 23.0 Å². The lowest BCUT2D eigenvalue weighted by molar-refractivity contribution is 0.0716. The molecule has 0 spiro atoms. The van der Waals surface area contributed by atoms with Gasteiger partial charge in [0.15, 0.2) is 0 Å². The SMILES string of the molecule is O=C(Oc1ccc(OC(=O)c2ccc3cc(O)ccc3c2)c(CO)c1)c1ccc2cc(O)ccc2c1. The van der Waals surface area contributed by atoms with Crippen molar-refractivity contribution in [2.45, 2.75) is 6.61 Å². The van der Waals surface area contributed by atoms with Crippen LogP contribution < -0.4 is 9.47 Å². The number of carbonyl (C=O) groups is 2. The van der Waals surface area contributed by atoms with Gasteiger partial charge in [-0.05, 0) is 88.3 Å². The highest BCUT2D eigenvalue weighted by molar-refractivity contribution is 5.98. The van der Waals surface area contributed by atoms with Crippen LogP contribution in [0.3, 0.4) is 0 Å². The monoisotopic (exact) mass is 480 g/mol. The maximum atomic E-state index is 12.7. The van der Waals surface area contributed by atoms with E-state index in [0.29, 0.717) is 11.1 Å². The maximum Gasteiger partial charge on any atom is 0.343 e. The second kappa shape index (κ2) is 9.40. The lowest BCUT2D eigenvalue weighted by atomic mass is 10.1. The third-order valence-corrected chi connectivity index (χ3v) is 5.73. The van der Waals surface area contributed by atoms with E-state index < -0.39 is 18.5 Å². The Bertz CT molecular complexity index is 1640. The van der Waals surface area contributed by atoms with Gasteiger partial charge in [0.1, 0.15) is 23.0 Å². The number of hydrogen-bond acceptors (Lipinski definition) is 7. The summed E-state index contributed by atoms with van der Waals surface area (Å²) in [4.78, 5) is 25.4. The number of aliphatic hydroxyl groups excluding tert-OH is 1. The van der Waals surface area contributed by atoms with Gasteiger partial charge in [-0.2, -0.15) is 0 Å². The minimum absolute atomic E-state index is 0.132. The summed E-state index contributed by atoms with van der Waals surface area (Å²) in [5, 5.41) is 32.1.